The molecular weight excluding hydrogens is 336 g/mol. The van der Waals surface area contributed by atoms with Gasteiger partial charge in [-0.25, -0.2) is 4.79 Å². The summed E-state index contributed by atoms with van der Waals surface area (Å²) in [6, 6.07) is 11.6. The number of anilines is 2. The van der Waals surface area contributed by atoms with Crippen LogP contribution in [0.3, 0.4) is 0 Å². The van der Waals surface area contributed by atoms with Gasteiger partial charge in [0.25, 0.3) is 5.91 Å². The van der Waals surface area contributed by atoms with Crippen LogP contribution in [0.1, 0.15) is 22.8 Å². The van der Waals surface area contributed by atoms with Crippen molar-refractivity contribution in [2.75, 3.05) is 24.4 Å². The van der Waals surface area contributed by atoms with Crippen molar-refractivity contribution >= 4 is 29.2 Å². The zero-order valence-electron chi connectivity index (χ0n) is 14.8. The van der Waals surface area contributed by atoms with Crippen LogP contribution >= 0.6 is 0 Å². The first-order chi connectivity index (χ1) is 12.4. The average Bonchev–Trinajstić information content (AvgIpc) is 2.62. The minimum atomic E-state index is -0.476. The molecule has 2 aromatic carbocycles. The third kappa shape index (κ3) is 5.34. The van der Waals surface area contributed by atoms with Gasteiger partial charge in [0.15, 0.2) is 6.61 Å². The second-order valence-corrected chi connectivity index (χ2v) is 5.56. The molecule has 0 saturated heterocycles. The molecule has 0 aliphatic carbocycles. The summed E-state index contributed by atoms with van der Waals surface area (Å²) in [6.07, 6.45) is 0. The van der Waals surface area contributed by atoms with E-state index in [1.807, 2.05) is 6.92 Å². The Morgan fingerprint density at radius 2 is 1.69 bits per heavy atom. The van der Waals surface area contributed by atoms with E-state index >= 15 is 0 Å². The average molecular weight is 356 g/mol. The first-order valence-electron chi connectivity index (χ1n) is 7.88. The maximum Gasteiger partial charge on any atom is 0.337 e. The van der Waals surface area contributed by atoms with Crippen LogP contribution in [0.2, 0.25) is 0 Å². The van der Waals surface area contributed by atoms with Crippen molar-refractivity contribution < 1.29 is 23.9 Å². The molecule has 0 radical (unpaired) electrons. The Hall–Kier alpha value is -3.35. The molecule has 136 valence electrons. The van der Waals surface area contributed by atoms with Crippen molar-refractivity contribution in [3.63, 3.8) is 0 Å². The molecule has 7 nitrogen and oxygen atoms in total. The van der Waals surface area contributed by atoms with Gasteiger partial charge in [-0.15, -0.1) is 0 Å². The zero-order valence-corrected chi connectivity index (χ0v) is 14.8. The van der Waals surface area contributed by atoms with Gasteiger partial charge in [-0.05, 0) is 48.9 Å². The van der Waals surface area contributed by atoms with Crippen LogP contribution in [0, 0.1) is 6.92 Å². The predicted molar refractivity (Wildman–Crippen MR) is 97.4 cm³/mol. The SMILES string of the molecule is COC(=O)c1ccc(C)c(NC(=O)COc2ccc(NC(C)=O)cc2)c1. The second-order valence-electron chi connectivity index (χ2n) is 5.56. The Morgan fingerprint density at radius 1 is 1.00 bits per heavy atom. The number of amides is 2. The molecule has 0 heterocycles. The van der Waals surface area contributed by atoms with Crippen molar-refractivity contribution in [2.24, 2.45) is 0 Å². The molecule has 2 aromatic rings. The highest BCUT2D eigenvalue weighted by molar-refractivity contribution is 5.96. The molecule has 0 bridgehead atoms. The van der Waals surface area contributed by atoms with E-state index in [1.165, 1.54) is 14.0 Å². The number of rotatable bonds is 6. The van der Waals surface area contributed by atoms with E-state index in [4.69, 9.17) is 4.74 Å². The van der Waals surface area contributed by atoms with E-state index in [9.17, 15) is 14.4 Å². The monoisotopic (exact) mass is 356 g/mol. The lowest BCUT2D eigenvalue weighted by atomic mass is 10.1. The molecule has 2 rings (SSSR count). The van der Waals surface area contributed by atoms with E-state index in [0.717, 1.165) is 5.56 Å². The standard InChI is InChI=1S/C19H20N2O5/c1-12-4-5-14(19(24)25-3)10-17(12)21-18(23)11-26-16-8-6-15(7-9-16)20-13(2)22/h4-10H,11H2,1-3H3,(H,20,22)(H,21,23). The Morgan fingerprint density at radius 3 is 2.31 bits per heavy atom. The molecular formula is C19H20N2O5. The number of carbonyl (C=O) groups is 3. The summed E-state index contributed by atoms with van der Waals surface area (Å²) in [7, 11) is 1.30. The number of benzene rings is 2. The highest BCUT2D eigenvalue weighted by Crippen LogP contribution is 2.18. The fraction of sp³-hybridized carbons (Fsp3) is 0.211. The van der Waals surface area contributed by atoms with Gasteiger partial charge >= 0.3 is 5.97 Å². The number of carbonyl (C=O) groups excluding carboxylic acids is 3. The maximum atomic E-state index is 12.1. The Bertz CT molecular complexity index is 815. The summed E-state index contributed by atoms with van der Waals surface area (Å²) in [4.78, 5) is 34.6. The lowest BCUT2D eigenvalue weighted by Gasteiger charge is -2.11. The summed E-state index contributed by atoms with van der Waals surface area (Å²) in [5, 5.41) is 5.35. The largest absolute Gasteiger partial charge is 0.484 e. The molecule has 0 fully saturated rings. The molecule has 0 unspecified atom stereocenters. The van der Waals surface area contributed by atoms with Crippen molar-refractivity contribution in [3.05, 3.63) is 53.6 Å². The van der Waals surface area contributed by atoms with E-state index in [2.05, 4.69) is 15.4 Å². The summed E-state index contributed by atoms with van der Waals surface area (Å²) in [6.45, 7) is 3.05. The van der Waals surface area contributed by atoms with Gasteiger partial charge in [0.2, 0.25) is 5.91 Å². The van der Waals surface area contributed by atoms with Crippen molar-refractivity contribution in [1.29, 1.82) is 0 Å². The second kappa shape index (κ2) is 8.66. The smallest absolute Gasteiger partial charge is 0.337 e. The Balaban J connectivity index is 1.94. The molecule has 0 aliphatic heterocycles. The Kier molecular flexibility index (Phi) is 6.32. The summed E-state index contributed by atoms with van der Waals surface area (Å²) < 4.78 is 10.1. The van der Waals surface area contributed by atoms with Gasteiger partial charge in [0, 0.05) is 18.3 Å². The van der Waals surface area contributed by atoms with E-state index < -0.39 is 5.97 Å². The maximum absolute atomic E-state index is 12.1. The summed E-state index contributed by atoms with van der Waals surface area (Å²) in [5.74, 6) is -0.506. The lowest BCUT2D eigenvalue weighted by Crippen LogP contribution is -2.21. The summed E-state index contributed by atoms with van der Waals surface area (Å²) in [5.41, 5.74) is 2.32. The topological polar surface area (TPSA) is 93.7 Å². The molecule has 0 aromatic heterocycles. The molecule has 0 aliphatic rings. The van der Waals surface area contributed by atoms with E-state index in [0.29, 0.717) is 22.7 Å². The van der Waals surface area contributed by atoms with E-state index in [-0.39, 0.29) is 18.4 Å². The van der Waals surface area contributed by atoms with Crippen LogP contribution < -0.4 is 15.4 Å². The molecule has 7 heteroatoms. The highest BCUT2D eigenvalue weighted by Gasteiger charge is 2.11. The van der Waals surface area contributed by atoms with Crippen LogP contribution in [-0.2, 0) is 14.3 Å². The number of esters is 1. The third-order valence-corrected chi connectivity index (χ3v) is 3.48. The van der Waals surface area contributed by atoms with Crippen LogP contribution in [0.15, 0.2) is 42.5 Å². The van der Waals surface area contributed by atoms with Gasteiger partial charge in [-0.1, -0.05) is 6.07 Å². The van der Waals surface area contributed by atoms with Gasteiger partial charge in [0.05, 0.1) is 12.7 Å². The molecule has 2 N–H and O–H groups in total. The predicted octanol–water partition coefficient (Wildman–Crippen LogP) is 2.76. The van der Waals surface area contributed by atoms with Crippen molar-refractivity contribution in [1.82, 2.24) is 0 Å². The van der Waals surface area contributed by atoms with Crippen molar-refractivity contribution in [3.8, 4) is 5.75 Å². The van der Waals surface area contributed by atoms with Crippen LogP contribution in [0.5, 0.6) is 5.75 Å². The van der Waals surface area contributed by atoms with Gasteiger partial charge in [-0.3, -0.25) is 9.59 Å². The first-order valence-corrected chi connectivity index (χ1v) is 7.88. The molecule has 26 heavy (non-hydrogen) atoms. The van der Waals surface area contributed by atoms with Gasteiger partial charge in [0.1, 0.15) is 5.75 Å². The van der Waals surface area contributed by atoms with Gasteiger partial charge < -0.3 is 20.1 Å². The van der Waals surface area contributed by atoms with Crippen LogP contribution in [0.25, 0.3) is 0 Å². The fourth-order valence-electron chi connectivity index (χ4n) is 2.17. The minimum absolute atomic E-state index is 0.164. The highest BCUT2D eigenvalue weighted by atomic mass is 16.5. The third-order valence-electron chi connectivity index (χ3n) is 3.48. The Labute approximate surface area is 151 Å². The first kappa shape index (κ1) is 19.0. The van der Waals surface area contributed by atoms with Gasteiger partial charge in [-0.2, -0.15) is 0 Å². The fourth-order valence-corrected chi connectivity index (χ4v) is 2.17. The molecule has 2 amide bonds. The zero-order chi connectivity index (χ0) is 19.1. The minimum Gasteiger partial charge on any atom is -0.484 e. The number of nitrogens with one attached hydrogen (secondary N) is 2. The number of methoxy groups -OCH3 is 1. The number of hydrogen-bond donors (Lipinski definition) is 2. The number of aryl methyl sites for hydroxylation is 1. The summed E-state index contributed by atoms with van der Waals surface area (Å²) >= 11 is 0. The normalized spacial score (nSPS) is 9.96. The number of hydrogen-bond acceptors (Lipinski definition) is 5. The number of ether oxygens (including phenoxy) is 2. The lowest BCUT2D eigenvalue weighted by molar-refractivity contribution is -0.118. The molecule has 0 spiro atoms. The van der Waals surface area contributed by atoms with Crippen molar-refractivity contribution in [2.45, 2.75) is 13.8 Å². The van der Waals surface area contributed by atoms with Crippen LogP contribution in [-0.4, -0.2) is 31.5 Å². The molecule has 0 atom stereocenters. The quantitative estimate of drug-likeness (QED) is 0.776. The van der Waals surface area contributed by atoms with Crippen LogP contribution in [0.4, 0.5) is 11.4 Å². The van der Waals surface area contributed by atoms with E-state index in [1.54, 1.807) is 42.5 Å². The molecule has 0 saturated carbocycles.